The van der Waals surface area contributed by atoms with E-state index in [0.29, 0.717) is 5.92 Å². The number of methoxy groups -OCH3 is 1. The summed E-state index contributed by atoms with van der Waals surface area (Å²) < 4.78 is 18.0. The highest BCUT2D eigenvalue weighted by atomic mass is 16.6. The van der Waals surface area contributed by atoms with Gasteiger partial charge in [0, 0.05) is 55.8 Å². The molecular weight excluding hydrogens is 404 g/mol. The largest absolute Gasteiger partial charge is 0.497 e. The monoisotopic (exact) mass is 440 g/mol. The summed E-state index contributed by atoms with van der Waals surface area (Å²) in [5, 5.41) is 0. The van der Waals surface area contributed by atoms with Crippen molar-refractivity contribution in [3.63, 3.8) is 0 Å². The van der Waals surface area contributed by atoms with E-state index >= 15 is 0 Å². The summed E-state index contributed by atoms with van der Waals surface area (Å²) in [6.45, 7) is 9.39. The smallest absolute Gasteiger partial charge is 0.311 e. The topological polar surface area (TPSA) is 54.5 Å². The molecule has 6 rings (SSSR count). The van der Waals surface area contributed by atoms with Crippen LogP contribution < -0.4 is 9.64 Å². The number of hydrogen-bond donors (Lipinski definition) is 0. The van der Waals surface area contributed by atoms with E-state index in [-0.39, 0.29) is 41.0 Å². The lowest BCUT2D eigenvalue weighted by molar-refractivity contribution is -0.146. The van der Waals surface area contributed by atoms with E-state index in [9.17, 15) is 4.79 Å². The van der Waals surface area contributed by atoms with Crippen molar-refractivity contribution >= 4 is 11.7 Å². The van der Waals surface area contributed by atoms with Gasteiger partial charge in [0.05, 0.1) is 19.1 Å². The minimum absolute atomic E-state index is 0.00998. The van der Waals surface area contributed by atoms with Crippen molar-refractivity contribution in [2.24, 2.45) is 23.2 Å². The lowest BCUT2D eigenvalue weighted by Gasteiger charge is -2.49. The van der Waals surface area contributed by atoms with Crippen LogP contribution in [-0.4, -0.2) is 68.5 Å². The zero-order chi connectivity index (χ0) is 22.1. The second-order valence-electron chi connectivity index (χ2n) is 11.0. The molecule has 32 heavy (non-hydrogen) atoms. The normalized spacial score (nSPS) is 43.2. The standard InChI is InChI=1S/C26H36N2O4/c1-17-6-5-9-25(2)15-21-22(23-26(17,25)32-23)20(24(29)31-21)16-27-10-12-28(13-11-27)18-7-4-8-19(14-18)30-3/h4,7-8,14,17,20-23H,5-6,9-13,15-16H2,1-3H3/t17-,20?,21+,22+,23?,25+,26?/m0/s1. The fourth-order valence-corrected chi connectivity index (χ4v) is 7.72. The molecule has 7 atom stereocenters. The first-order valence-corrected chi connectivity index (χ1v) is 12.4. The Kier molecular flexibility index (Phi) is 4.78. The molecule has 6 nitrogen and oxygen atoms in total. The van der Waals surface area contributed by atoms with Crippen LogP contribution in [0.2, 0.25) is 0 Å². The van der Waals surface area contributed by atoms with Gasteiger partial charge in [-0.05, 0) is 37.3 Å². The number of fused-ring (bicyclic) bond motifs is 2. The van der Waals surface area contributed by atoms with E-state index in [2.05, 4.69) is 35.8 Å². The van der Waals surface area contributed by atoms with Gasteiger partial charge in [-0.1, -0.05) is 26.3 Å². The minimum atomic E-state index is -0.0496. The Labute approximate surface area is 191 Å². The highest BCUT2D eigenvalue weighted by molar-refractivity contribution is 5.76. The van der Waals surface area contributed by atoms with Gasteiger partial charge in [-0.3, -0.25) is 9.69 Å². The zero-order valence-corrected chi connectivity index (χ0v) is 19.6. The summed E-state index contributed by atoms with van der Waals surface area (Å²) in [6, 6.07) is 8.27. The number of carbonyl (C=O) groups excluding carboxylic acids is 1. The summed E-state index contributed by atoms with van der Waals surface area (Å²) in [5.41, 5.74) is 1.35. The summed E-state index contributed by atoms with van der Waals surface area (Å²) >= 11 is 0. The molecule has 1 aromatic carbocycles. The minimum Gasteiger partial charge on any atom is -0.497 e. The van der Waals surface area contributed by atoms with Gasteiger partial charge in [0.2, 0.25) is 0 Å². The van der Waals surface area contributed by atoms with Crippen molar-refractivity contribution in [2.75, 3.05) is 44.7 Å². The molecule has 0 aromatic heterocycles. The Morgan fingerprint density at radius 1 is 1.22 bits per heavy atom. The van der Waals surface area contributed by atoms with Crippen molar-refractivity contribution in [2.45, 2.75) is 57.3 Å². The molecule has 3 saturated heterocycles. The van der Waals surface area contributed by atoms with Crippen LogP contribution in [0.15, 0.2) is 24.3 Å². The van der Waals surface area contributed by atoms with Crippen LogP contribution in [0.1, 0.15) is 39.5 Å². The van der Waals surface area contributed by atoms with Gasteiger partial charge in [-0.25, -0.2) is 0 Å². The number of ether oxygens (including phenoxy) is 3. The molecule has 3 aliphatic heterocycles. The first kappa shape index (κ1) is 20.8. The fraction of sp³-hybridized carbons (Fsp3) is 0.731. The molecule has 6 heteroatoms. The first-order chi connectivity index (χ1) is 15.4. The van der Waals surface area contributed by atoms with Crippen LogP contribution in [0, 0.1) is 23.2 Å². The molecule has 0 N–H and O–H groups in total. The van der Waals surface area contributed by atoms with Gasteiger partial charge in [0.25, 0.3) is 0 Å². The number of rotatable bonds is 4. The molecular formula is C26H36N2O4. The van der Waals surface area contributed by atoms with Crippen molar-refractivity contribution < 1.29 is 19.0 Å². The van der Waals surface area contributed by atoms with Crippen LogP contribution >= 0.6 is 0 Å². The molecule has 3 unspecified atom stereocenters. The van der Waals surface area contributed by atoms with Gasteiger partial charge in [-0.2, -0.15) is 0 Å². The van der Waals surface area contributed by atoms with Gasteiger partial charge in [-0.15, -0.1) is 0 Å². The number of carbonyl (C=O) groups is 1. The van der Waals surface area contributed by atoms with Crippen molar-refractivity contribution in [3.8, 4) is 5.75 Å². The van der Waals surface area contributed by atoms with Gasteiger partial charge >= 0.3 is 5.97 Å². The Morgan fingerprint density at radius 2 is 2.03 bits per heavy atom. The maximum absolute atomic E-state index is 13.0. The van der Waals surface area contributed by atoms with Crippen molar-refractivity contribution in [3.05, 3.63) is 24.3 Å². The zero-order valence-electron chi connectivity index (χ0n) is 19.6. The summed E-state index contributed by atoms with van der Waals surface area (Å²) in [4.78, 5) is 17.9. The van der Waals surface area contributed by atoms with E-state index in [1.165, 1.54) is 24.9 Å². The highest BCUT2D eigenvalue weighted by Gasteiger charge is 2.78. The third-order valence-corrected chi connectivity index (χ3v) is 9.44. The molecule has 3 heterocycles. The maximum Gasteiger partial charge on any atom is 0.311 e. The van der Waals surface area contributed by atoms with Crippen molar-refractivity contribution in [1.29, 1.82) is 0 Å². The molecule has 1 aromatic rings. The maximum atomic E-state index is 13.0. The Morgan fingerprint density at radius 3 is 2.81 bits per heavy atom. The Bertz CT molecular complexity index is 900. The molecule has 5 fully saturated rings. The van der Waals surface area contributed by atoms with Crippen LogP contribution in [0.5, 0.6) is 5.75 Å². The van der Waals surface area contributed by atoms with Crippen LogP contribution in [0.4, 0.5) is 5.69 Å². The third kappa shape index (κ3) is 2.95. The van der Waals surface area contributed by atoms with Gasteiger partial charge < -0.3 is 19.1 Å². The average Bonchev–Trinajstić information content (AvgIpc) is 3.48. The predicted molar refractivity (Wildman–Crippen MR) is 122 cm³/mol. The quantitative estimate of drug-likeness (QED) is 0.529. The molecule has 174 valence electrons. The van der Waals surface area contributed by atoms with E-state index in [1.807, 2.05) is 12.1 Å². The number of anilines is 1. The third-order valence-electron chi connectivity index (χ3n) is 9.44. The number of nitrogens with zero attached hydrogens (tertiary/aromatic N) is 2. The summed E-state index contributed by atoms with van der Waals surface area (Å²) in [6.07, 6.45) is 4.94. The molecule has 0 bridgehead atoms. The molecule has 0 radical (unpaired) electrons. The van der Waals surface area contributed by atoms with E-state index in [4.69, 9.17) is 14.2 Å². The molecule has 1 spiro atoms. The first-order valence-electron chi connectivity index (χ1n) is 12.4. The molecule has 5 aliphatic rings. The number of piperazine rings is 1. The van der Waals surface area contributed by atoms with E-state index in [0.717, 1.165) is 44.9 Å². The van der Waals surface area contributed by atoms with Crippen LogP contribution in [0.25, 0.3) is 0 Å². The van der Waals surface area contributed by atoms with Crippen LogP contribution in [-0.2, 0) is 14.3 Å². The summed E-state index contributed by atoms with van der Waals surface area (Å²) in [5.74, 6) is 1.66. The van der Waals surface area contributed by atoms with E-state index < -0.39 is 0 Å². The van der Waals surface area contributed by atoms with Gasteiger partial charge in [0.1, 0.15) is 17.5 Å². The average molecular weight is 441 g/mol. The molecule has 2 saturated carbocycles. The predicted octanol–water partition coefficient (Wildman–Crippen LogP) is 3.34. The lowest BCUT2D eigenvalue weighted by atomic mass is 9.53. The number of esters is 1. The molecule has 0 amide bonds. The molecule has 2 aliphatic carbocycles. The van der Waals surface area contributed by atoms with E-state index in [1.54, 1.807) is 7.11 Å². The Balaban J connectivity index is 1.13. The number of benzene rings is 1. The lowest BCUT2D eigenvalue weighted by Crippen LogP contribution is -2.55. The van der Waals surface area contributed by atoms with Crippen LogP contribution in [0.3, 0.4) is 0 Å². The summed E-state index contributed by atoms with van der Waals surface area (Å²) in [7, 11) is 1.71. The number of hydrogen-bond acceptors (Lipinski definition) is 6. The van der Waals surface area contributed by atoms with Gasteiger partial charge in [0.15, 0.2) is 0 Å². The fourth-order valence-electron chi connectivity index (χ4n) is 7.72. The highest BCUT2D eigenvalue weighted by Crippen LogP contribution is 2.70. The number of epoxide rings is 1. The van der Waals surface area contributed by atoms with Crippen molar-refractivity contribution in [1.82, 2.24) is 4.90 Å². The second-order valence-corrected chi connectivity index (χ2v) is 11.0. The Hall–Kier alpha value is -1.79. The SMILES string of the molecule is COc1cccc(N2CCN(CC3C(=O)O[C@@H]4C[C@@]5(C)CCC[C@H](C)C56OC6[C@H]34)CC2)c1. The second kappa shape index (κ2) is 7.36.